The van der Waals surface area contributed by atoms with Crippen molar-refractivity contribution in [2.45, 2.75) is 38.5 Å². The van der Waals surface area contributed by atoms with Gasteiger partial charge < -0.3 is 20.1 Å². The zero-order chi connectivity index (χ0) is 12.1. The molecule has 94 valence electrons. The highest BCUT2D eigenvalue weighted by Crippen LogP contribution is 2.16. The number of ether oxygens (including phenoxy) is 2. The van der Waals surface area contributed by atoms with Crippen molar-refractivity contribution in [2.24, 2.45) is 5.73 Å². The standard InChI is InChI=1S/C11H22N2O3/c1-4-9-7-16-8(2)6-13(9)11(14)10(5-12)15-3/h8-10H,4-7,12H2,1-3H3. The summed E-state index contributed by atoms with van der Waals surface area (Å²) < 4.78 is 10.6. The number of amides is 1. The van der Waals surface area contributed by atoms with E-state index in [9.17, 15) is 4.79 Å². The molecule has 1 rings (SSSR count). The SMILES string of the molecule is CCC1COC(C)CN1C(=O)C(CN)OC. The lowest BCUT2D eigenvalue weighted by atomic mass is 10.1. The maximum atomic E-state index is 12.1. The molecule has 0 radical (unpaired) electrons. The Labute approximate surface area is 96.9 Å². The molecule has 16 heavy (non-hydrogen) atoms. The van der Waals surface area contributed by atoms with Crippen LogP contribution < -0.4 is 5.73 Å². The van der Waals surface area contributed by atoms with Crippen molar-refractivity contribution in [3.8, 4) is 0 Å². The van der Waals surface area contributed by atoms with E-state index in [2.05, 4.69) is 6.92 Å². The average molecular weight is 230 g/mol. The van der Waals surface area contributed by atoms with E-state index in [1.54, 1.807) is 0 Å². The van der Waals surface area contributed by atoms with Crippen LogP contribution in [0.1, 0.15) is 20.3 Å². The lowest BCUT2D eigenvalue weighted by Gasteiger charge is -2.39. The van der Waals surface area contributed by atoms with Crippen LogP contribution in [0.4, 0.5) is 0 Å². The van der Waals surface area contributed by atoms with E-state index in [-0.39, 0.29) is 24.6 Å². The minimum absolute atomic E-state index is 0.0213. The second-order valence-corrected chi connectivity index (χ2v) is 4.16. The Bertz CT molecular complexity index is 231. The van der Waals surface area contributed by atoms with Crippen LogP contribution in [-0.2, 0) is 14.3 Å². The van der Waals surface area contributed by atoms with Crippen molar-refractivity contribution in [2.75, 3.05) is 26.8 Å². The Hall–Kier alpha value is -0.650. The van der Waals surface area contributed by atoms with Crippen molar-refractivity contribution in [3.05, 3.63) is 0 Å². The highest BCUT2D eigenvalue weighted by atomic mass is 16.5. The predicted molar refractivity (Wildman–Crippen MR) is 61.1 cm³/mol. The minimum atomic E-state index is -0.528. The molecular weight excluding hydrogens is 208 g/mol. The molecule has 0 aromatic carbocycles. The van der Waals surface area contributed by atoms with Crippen LogP contribution in [0.2, 0.25) is 0 Å². The molecule has 2 N–H and O–H groups in total. The summed E-state index contributed by atoms with van der Waals surface area (Å²) in [6, 6.07) is 0.146. The van der Waals surface area contributed by atoms with Gasteiger partial charge in [0.1, 0.15) is 6.10 Å². The average Bonchev–Trinajstić information content (AvgIpc) is 2.30. The topological polar surface area (TPSA) is 64.8 Å². The van der Waals surface area contributed by atoms with Crippen molar-refractivity contribution in [3.63, 3.8) is 0 Å². The van der Waals surface area contributed by atoms with Gasteiger partial charge in [0.05, 0.1) is 18.8 Å². The fourth-order valence-corrected chi connectivity index (χ4v) is 1.94. The lowest BCUT2D eigenvalue weighted by molar-refractivity contribution is -0.154. The number of carbonyl (C=O) groups excluding carboxylic acids is 1. The van der Waals surface area contributed by atoms with Gasteiger partial charge in [-0.15, -0.1) is 0 Å². The summed E-state index contributed by atoms with van der Waals surface area (Å²) in [6.45, 7) is 5.46. The summed E-state index contributed by atoms with van der Waals surface area (Å²) in [4.78, 5) is 14.0. The Balaban J connectivity index is 2.69. The van der Waals surface area contributed by atoms with E-state index in [1.165, 1.54) is 7.11 Å². The number of nitrogens with zero attached hydrogens (tertiary/aromatic N) is 1. The second-order valence-electron chi connectivity index (χ2n) is 4.16. The molecule has 5 heteroatoms. The Morgan fingerprint density at radius 3 is 2.88 bits per heavy atom. The van der Waals surface area contributed by atoms with E-state index in [4.69, 9.17) is 15.2 Å². The highest BCUT2D eigenvalue weighted by Gasteiger charge is 2.32. The molecule has 1 aliphatic rings. The number of hydrogen-bond donors (Lipinski definition) is 1. The molecule has 0 aromatic heterocycles. The third-order valence-electron chi connectivity index (χ3n) is 3.00. The van der Waals surface area contributed by atoms with Gasteiger partial charge >= 0.3 is 0 Å². The van der Waals surface area contributed by atoms with E-state index in [0.29, 0.717) is 13.2 Å². The van der Waals surface area contributed by atoms with Crippen molar-refractivity contribution < 1.29 is 14.3 Å². The van der Waals surface area contributed by atoms with Gasteiger partial charge in [0.2, 0.25) is 0 Å². The number of carbonyl (C=O) groups is 1. The Morgan fingerprint density at radius 1 is 1.69 bits per heavy atom. The Morgan fingerprint density at radius 2 is 2.38 bits per heavy atom. The van der Waals surface area contributed by atoms with Crippen molar-refractivity contribution >= 4 is 5.91 Å². The molecule has 1 fully saturated rings. The molecule has 1 heterocycles. The first-order valence-electron chi connectivity index (χ1n) is 5.78. The van der Waals surface area contributed by atoms with Gasteiger partial charge in [-0.05, 0) is 13.3 Å². The van der Waals surface area contributed by atoms with E-state index in [0.717, 1.165) is 6.42 Å². The van der Waals surface area contributed by atoms with Gasteiger partial charge in [0.25, 0.3) is 5.91 Å². The first-order valence-corrected chi connectivity index (χ1v) is 5.78. The van der Waals surface area contributed by atoms with Crippen LogP contribution in [0, 0.1) is 0 Å². The number of rotatable bonds is 4. The van der Waals surface area contributed by atoms with Crippen LogP contribution in [-0.4, -0.2) is 55.9 Å². The molecule has 5 nitrogen and oxygen atoms in total. The quantitative estimate of drug-likeness (QED) is 0.737. The second kappa shape index (κ2) is 6.18. The largest absolute Gasteiger partial charge is 0.375 e. The molecule has 1 saturated heterocycles. The summed E-state index contributed by atoms with van der Waals surface area (Å²) in [6.07, 6.45) is 0.445. The lowest BCUT2D eigenvalue weighted by Crippen LogP contribution is -2.55. The fourth-order valence-electron chi connectivity index (χ4n) is 1.94. The molecule has 0 aromatic rings. The van der Waals surface area contributed by atoms with E-state index < -0.39 is 6.10 Å². The predicted octanol–water partition coefficient (Wildman–Crippen LogP) is -0.0140. The molecule has 3 atom stereocenters. The highest BCUT2D eigenvalue weighted by molar-refractivity contribution is 5.81. The monoisotopic (exact) mass is 230 g/mol. The van der Waals surface area contributed by atoms with E-state index in [1.807, 2.05) is 11.8 Å². The van der Waals surface area contributed by atoms with Gasteiger partial charge in [-0.3, -0.25) is 4.79 Å². The van der Waals surface area contributed by atoms with Crippen molar-refractivity contribution in [1.82, 2.24) is 4.90 Å². The molecule has 0 bridgehead atoms. The van der Waals surface area contributed by atoms with Crippen LogP contribution in [0.15, 0.2) is 0 Å². The Kier molecular flexibility index (Phi) is 5.18. The van der Waals surface area contributed by atoms with Crippen LogP contribution in [0.3, 0.4) is 0 Å². The fraction of sp³-hybridized carbons (Fsp3) is 0.909. The zero-order valence-corrected chi connectivity index (χ0v) is 10.3. The van der Waals surface area contributed by atoms with E-state index >= 15 is 0 Å². The summed E-state index contributed by atoms with van der Waals surface area (Å²) in [5.41, 5.74) is 5.51. The molecule has 3 unspecified atom stereocenters. The number of nitrogens with two attached hydrogens (primary N) is 1. The molecule has 1 aliphatic heterocycles. The first kappa shape index (κ1) is 13.4. The smallest absolute Gasteiger partial charge is 0.253 e. The van der Waals surface area contributed by atoms with Gasteiger partial charge in [-0.1, -0.05) is 6.92 Å². The third kappa shape index (κ3) is 2.93. The summed E-state index contributed by atoms with van der Waals surface area (Å²) in [5.74, 6) is -0.0213. The summed E-state index contributed by atoms with van der Waals surface area (Å²) in [5, 5.41) is 0. The molecule has 1 amide bonds. The van der Waals surface area contributed by atoms with Crippen molar-refractivity contribution in [1.29, 1.82) is 0 Å². The number of hydrogen-bond acceptors (Lipinski definition) is 4. The summed E-state index contributed by atoms with van der Waals surface area (Å²) in [7, 11) is 1.51. The maximum absolute atomic E-state index is 12.1. The normalized spacial score (nSPS) is 27.9. The minimum Gasteiger partial charge on any atom is -0.375 e. The molecule has 0 aliphatic carbocycles. The van der Waals surface area contributed by atoms with Crippen LogP contribution >= 0.6 is 0 Å². The number of methoxy groups -OCH3 is 1. The summed E-state index contributed by atoms with van der Waals surface area (Å²) >= 11 is 0. The third-order valence-corrected chi connectivity index (χ3v) is 3.00. The zero-order valence-electron chi connectivity index (χ0n) is 10.3. The van der Waals surface area contributed by atoms with Gasteiger partial charge in [0.15, 0.2) is 0 Å². The van der Waals surface area contributed by atoms with Crippen LogP contribution in [0.25, 0.3) is 0 Å². The van der Waals surface area contributed by atoms with Gasteiger partial charge in [0, 0.05) is 20.2 Å². The maximum Gasteiger partial charge on any atom is 0.253 e. The van der Waals surface area contributed by atoms with Gasteiger partial charge in [-0.2, -0.15) is 0 Å². The molecule has 0 saturated carbocycles. The van der Waals surface area contributed by atoms with Gasteiger partial charge in [-0.25, -0.2) is 0 Å². The number of morpholine rings is 1. The van der Waals surface area contributed by atoms with Crippen LogP contribution in [0.5, 0.6) is 0 Å². The molecule has 0 spiro atoms. The molecular formula is C11H22N2O3. The first-order chi connectivity index (χ1) is 7.63.